The van der Waals surface area contributed by atoms with Gasteiger partial charge in [0, 0.05) is 13.0 Å². The van der Waals surface area contributed by atoms with Crippen molar-refractivity contribution in [1.29, 1.82) is 0 Å². The molecule has 0 unspecified atom stereocenters. The van der Waals surface area contributed by atoms with Crippen molar-refractivity contribution in [2.45, 2.75) is 11.3 Å². The maximum Gasteiger partial charge on any atom is 0.347 e. The summed E-state index contributed by atoms with van der Waals surface area (Å²) < 4.78 is 30.8. The second kappa shape index (κ2) is 5.47. The fourth-order valence-corrected chi connectivity index (χ4v) is 3.63. The van der Waals surface area contributed by atoms with Gasteiger partial charge in [-0.15, -0.1) is 11.3 Å². The monoisotopic (exact) mass is 303 g/mol. The van der Waals surface area contributed by atoms with E-state index < -0.39 is 16.0 Å². The van der Waals surface area contributed by atoms with E-state index in [2.05, 4.69) is 14.9 Å². The number of nitrogens with zero attached hydrogens (tertiary/aromatic N) is 2. The Labute approximate surface area is 112 Å². The molecule has 19 heavy (non-hydrogen) atoms. The molecule has 0 saturated heterocycles. The average molecular weight is 303 g/mol. The molecule has 10 heteroatoms. The van der Waals surface area contributed by atoms with Crippen LogP contribution in [0.1, 0.15) is 15.6 Å². The van der Waals surface area contributed by atoms with Crippen molar-refractivity contribution in [3.63, 3.8) is 0 Å². The van der Waals surface area contributed by atoms with Crippen molar-refractivity contribution in [2.75, 3.05) is 6.54 Å². The molecule has 2 N–H and O–H groups in total. The number of carboxylic acid groups (broad SMARTS) is 1. The van der Waals surface area contributed by atoms with Gasteiger partial charge in [0.15, 0.2) is 6.33 Å². The van der Waals surface area contributed by atoms with Crippen LogP contribution in [0.3, 0.4) is 0 Å². The Morgan fingerprint density at radius 3 is 2.95 bits per heavy atom. The highest BCUT2D eigenvalue weighted by Crippen LogP contribution is 2.21. The third-order valence-corrected chi connectivity index (χ3v) is 4.69. The first kappa shape index (κ1) is 13.6. The van der Waals surface area contributed by atoms with E-state index in [9.17, 15) is 13.2 Å². The molecule has 2 aromatic rings. The van der Waals surface area contributed by atoms with Gasteiger partial charge in [0.05, 0.1) is 0 Å². The van der Waals surface area contributed by atoms with Gasteiger partial charge in [-0.05, 0) is 11.4 Å². The Morgan fingerprint density at radius 2 is 2.32 bits per heavy atom. The first-order chi connectivity index (χ1) is 9.00. The minimum absolute atomic E-state index is 0.0411. The minimum Gasteiger partial charge on any atom is -0.477 e. The number of aromatic nitrogens is 2. The summed E-state index contributed by atoms with van der Waals surface area (Å²) in [4.78, 5) is 14.2. The number of carboxylic acids is 1. The van der Waals surface area contributed by atoms with Crippen molar-refractivity contribution in [3.05, 3.63) is 28.5 Å². The van der Waals surface area contributed by atoms with Crippen molar-refractivity contribution < 1.29 is 22.8 Å². The highest BCUT2D eigenvalue weighted by Gasteiger charge is 2.23. The number of nitrogens with one attached hydrogen (secondary N) is 1. The zero-order valence-corrected chi connectivity index (χ0v) is 11.1. The number of hydrogen-bond acceptors (Lipinski definition) is 7. The highest BCUT2D eigenvalue weighted by molar-refractivity contribution is 7.89. The van der Waals surface area contributed by atoms with E-state index in [0.717, 1.165) is 11.3 Å². The predicted octanol–water partition coefficient (Wildman–Crippen LogP) is 0.350. The van der Waals surface area contributed by atoms with Crippen LogP contribution < -0.4 is 4.72 Å². The van der Waals surface area contributed by atoms with Crippen molar-refractivity contribution in [2.24, 2.45) is 0 Å². The molecule has 0 amide bonds. The maximum atomic E-state index is 11.9. The van der Waals surface area contributed by atoms with Crippen LogP contribution in [0.15, 0.2) is 27.2 Å². The summed E-state index contributed by atoms with van der Waals surface area (Å²) in [6, 6.07) is 1.25. The van der Waals surface area contributed by atoms with Crippen LogP contribution in [-0.2, 0) is 16.4 Å². The first-order valence-corrected chi connectivity index (χ1v) is 7.43. The smallest absolute Gasteiger partial charge is 0.347 e. The molecule has 0 aliphatic heterocycles. The molecular weight excluding hydrogens is 294 g/mol. The number of thiophene rings is 1. The Kier molecular flexibility index (Phi) is 3.93. The first-order valence-electron chi connectivity index (χ1n) is 5.06. The van der Waals surface area contributed by atoms with Crippen LogP contribution in [-0.4, -0.2) is 36.2 Å². The summed E-state index contributed by atoms with van der Waals surface area (Å²) in [6.45, 7) is 0.0411. The highest BCUT2D eigenvalue weighted by atomic mass is 32.2. The number of sulfonamides is 1. The van der Waals surface area contributed by atoms with Gasteiger partial charge in [0.25, 0.3) is 0 Å². The summed E-state index contributed by atoms with van der Waals surface area (Å²) in [5.74, 6) is -0.973. The van der Waals surface area contributed by atoms with Gasteiger partial charge in [-0.3, -0.25) is 0 Å². The van der Waals surface area contributed by atoms with Gasteiger partial charge < -0.3 is 9.63 Å². The molecule has 0 aromatic carbocycles. The van der Waals surface area contributed by atoms with Crippen LogP contribution >= 0.6 is 11.3 Å². The normalized spacial score (nSPS) is 11.6. The number of aromatic carboxylic acids is 1. The Hall–Kier alpha value is -1.78. The molecule has 2 heterocycles. The van der Waals surface area contributed by atoms with Gasteiger partial charge >= 0.3 is 5.97 Å². The molecule has 0 radical (unpaired) electrons. The van der Waals surface area contributed by atoms with Gasteiger partial charge in [-0.25, -0.2) is 17.9 Å². The summed E-state index contributed by atoms with van der Waals surface area (Å²) >= 11 is 0.856. The second-order valence-electron chi connectivity index (χ2n) is 3.40. The molecule has 0 saturated carbocycles. The minimum atomic E-state index is -3.86. The van der Waals surface area contributed by atoms with E-state index in [-0.39, 0.29) is 22.7 Å². The van der Waals surface area contributed by atoms with Crippen molar-refractivity contribution in [1.82, 2.24) is 14.9 Å². The number of rotatable bonds is 6. The summed E-state index contributed by atoms with van der Waals surface area (Å²) in [7, 11) is -3.86. The molecule has 0 aliphatic rings. The van der Waals surface area contributed by atoms with E-state index in [4.69, 9.17) is 9.63 Å². The zero-order chi connectivity index (χ0) is 13.9. The van der Waals surface area contributed by atoms with E-state index >= 15 is 0 Å². The van der Waals surface area contributed by atoms with Gasteiger partial charge in [0.2, 0.25) is 15.9 Å². The summed E-state index contributed by atoms with van der Waals surface area (Å²) in [6.07, 6.45) is 1.44. The maximum absolute atomic E-state index is 11.9. The molecule has 0 fully saturated rings. The molecule has 8 nitrogen and oxygen atoms in total. The molecule has 2 rings (SSSR count). The average Bonchev–Trinajstić information content (AvgIpc) is 2.99. The van der Waals surface area contributed by atoms with E-state index in [1.165, 1.54) is 17.8 Å². The lowest BCUT2D eigenvalue weighted by atomic mass is 10.4. The lowest BCUT2D eigenvalue weighted by molar-refractivity contribution is 0.0698. The summed E-state index contributed by atoms with van der Waals surface area (Å²) in [5.41, 5.74) is 0. The number of carbonyl (C=O) groups is 1. The molecule has 0 atom stereocenters. The second-order valence-corrected chi connectivity index (χ2v) is 6.05. The standard InChI is InChI=1S/C9H9N3O5S2/c13-9(14)8-6(2-4-18-8)19(15,16)12-3-1-7-10-5-11-17-7/h2,4-5,12H,1,3H2,(H,13,14). The molecular formula is C9H9N3O5S2. The topological polar surface area (TPSA) is 122 Å². The molecule has 2 aromatic heterocycles. The largest absolute Gasteiger partial charge is 0.477 e. The number of hydrogen-bond donors (Lipinski definition) is 2. The predicted molar refractivity (Wildman–Crippen MR) is 64.5 cm³/mol. The fourth-order valence-electron chi connectivity index (χ4n) is 1.34. The lowest BCUT2D eigenvalue weighted by Crippen LogP contribution is -2.26. The van der Waals surface area contributed by atoms with E-state index in [1.54, 1.807) is 0 Å². The Morgan fingerprint density at radius 1 is 1.53 bits per heavy atom. The zero-order valence-electron chi connectivity index (χ0n) is 9.44. The summed E-state index contributed by atoms with van der Waals surface area (Å²) in [5, 5.41) is 13.7. The van der Waals surface area contributed by atoms with Crippen molar-refractivity contribution >= 4 is 27.3 Å². The molecule has 0 bridgehead atoms. The molecule has 102 valence electrons. The quantitative estimate of drug-likeness (QED) is 0.789. The fraction of sp³-hybridized carbons (Fsp3) is 0.222. The van der Waals surface area contributed by atoms with Gasteiger partial charge in [-0.2, -0.15) is 4.98 Å². The van der Waals surface area contributed by atoms with Gasteiger partial charge in [0.1, 0.15) is 9.77 Å². The van der Waals surface area contributed by atoms with Crippen LogP contribution in [0.5, 0.6) is 0 Å². The van der Waals surface area contributed by atoms with E-state index in [1.807, 2.05) is 0 Å². The van der Waals surface area contributed by atoms with Crippen molar-refractivity contribution in [3.8, 4) is 0 Å². The van der Waals surface area contributed by atoms with Crippen LogP contribution in [0.2, 0.25) is 0 Å². The molecule has 0 spiro atoms. The third kappa shape index (κ3) is 3.16. The third-order valence-electron chi connectivity index (χ3n) is 2.15. The lowest BCUT2D eigenvalue weighted by Gasteiger charge is -2.04. The Balaban J connectivity index is 2.06. The SMILES string of the molecule is O=C(O)c1sccc1S(=O)(=O)NCCc1ncno1. The van der Waals surface area contributed by atoms with Crippen LogP contribution in [0.25, 0.3) is 0 Å². The van der Waals surface area contributed by atoms with Crippen LogP contribution in [0, 0.1) is 0 Å². The van der Waals surface area contributed by atoms with E-state index in [0.29, 0.717) is 5.89 Å². The van der Waals surface area contributed by atoms with Crippen LogP contribution in [0.4, 0.5) is 0 Å². The molecule has 0 aliphatic carbocycles. The van der Waals surface area contributed by atoms with Gasteiger partial charge in [-0.1, -0.05) is 5.16 Å². The Bertz CT molecular complexity index is 662.